The zero-order chi connectivity index (χ0) is 11.8. The first-order valence-electron chi connectivity index (χ1n) is 4.15. The van der Waals surface area contributed by atoms with Crippen LogP contribution in [-0.2, 0) is 10.2 Å². The molecule has 0 amide bonds. The van der Waals surface area contributed by atoms with Gasteiger partial charge in [-0.15, -0.1) is 0 Å². The van der Waals surface area contributed by atoms with Gasteiger partial charge in [-0.1, -0.05) is 0 Å². The van der Waals surface area contributed by atoms with E-state index in [-0.39, 0.29) is 0 Å². The van der Waals surface area contributed by atoms with Gasteiger partial charge < -0.3 is 10.2 Å². The van der Waals surface area contributed by atoms with Crippen molar-refractivity contribution in [2.45, 2.75) is 18.6 Å². The molecule has 4 N–H and O–H groups in total. The lowest BCUT2D eigenvalue weighted by molar-refractivity contribution is -0.101. The number of β-amino-alcohol motifs (C(OH)–C–C–N with tert-alkyl or cyclic N) is 1. The van der Waals surface area contributed by atoms with E-state index < -0.39 is 47.9 Å². The Morgan fingerprint density at radius 3 is 2.27 bits per heavy atom. The summed E-state index contributed by atoms with van der Waals surface area (Å²) in [6, 6.07) is 0. The van der Waals surface area contributed by atoms with E-state index in [1.54, 1.807) is 0 Å². The van der Waals surface area contributed by atoms with Crippen molar-refractivity contribution in [1.82, 2.24) is 4.31 Å². The normalized spacial score (nSPS) is 34.7. The molecule has 1 aliphatic heterocycles. The van der Waals surface area contributed by atoms with Gasteiger partial charge in [0.05, 0.1) is 18.1 Å². The van der Waals surface area contributed by atoms with Crippen LogP contribution in [0.15, 0.2) is 0 Å². The molecule has 0 aromatic carbocycles. The molecule has 90 valence electrons. The highest BCUT2D eigenvalue weighted by atomic mass is 32.2. The van der Waals surface area contributed by atoms with Crippen molar-refractivity contribution in [3.63, 3.8) is 0 Å². The van der Waals surface area contributed by atoms with E-state index in [2.05, 4.69) is 0 Å². The van der Waals surface area contributed by atoms with Crippen LogP contribution in [0.25, 0.3) is 0 Å². The van der Waals surface area contributed by atoms with E-state index in [1.165, 1.54) is 0 Å². The number of aliphatic hydroxyl groups excluding tert-OH is 2. The highest BCUT2D eigenvalue weighted by Gasteiger charge is 2.42. The molecule has 0 saturated carbocycles. The van der Waals surface area contributed by atoms with E-state index in [1.807, 2.05) is 0 Å². The van der Waals surface area contributed by atoms with E-state index in [4.69, 9.17) is 5.14 Å². The number of alkyl halides is 2. The van der Waals surface area contributed by atoms with Gasteiger partial charge in [-0.2, -0.15) is 12.7 Å². The number of nitrogens with two attached hydrogens (primary N) is 1. The molecule has 1 aliphatic rings. The van der Waals surface area contributed by atoms with Gasteiger partial charge in [-0.25, -0.2) is 13.9 Å². The van der Waals surface area contributed by atoms with Gasteiger partial charge in [0, 0.05) is 13.1 Å². The summed E-state index contributed by atoms with van der Waals surface area (Å²) in [4.78, 5) is 0. The summed E-state index contributed by atoms with van der Waals surface area (Å²) in [6.45, 7) is -1.06. The first-order chi connectivity index (χ1) is 6.73. The molecule has 6 nitrogen and oxygen atoms in total. The molecule has 1 saturated heterocycles. The van der Waals surface area contributed by atoms with Crippen LogP contribution in [-0.4, -0.2) is 54.7 Å². The van der Waals surface area contributed by atoms with Crippen LogP contribution in [0, 0.1) is 5.92 Å². The zero-order valence-corrected chi connectivity index (χ0v) is 8.44. The summed E-state index contributed by atoms with van der Waals surface area (Å²) in [5, 5.41) is 23.1. The molecule has 0 aliphatic carbocycles. The van der Waals surface area contributed by atoms with E-state index >= 15 is 0 Å². The van der Waals surface area contributed by atoms with Crippen molar-refractivity contribution >= 4 is 10.2 Å². The summed E-state index contributed by atoms with van der Waals surface area (Å²) in [5.74, 6) is -1.62. The molecule has 15 heavy (non-hydrogen) atoms. The van der Waals surface area contributed by atoms with Gasteiger partial charge in [0.2, 0.25) is 6.43 Å². The molecule has 0 bridgehead atoms. The molecular formula is C6H12F2N2O4S. The summed E-state index contributed by atoms with van der Waals surface area (Å²) in [6.07, 6.45) is -6.10. The molecule has 9 heteroatoms. The summed E-state index contributed by atoms with van der Waals surface area (Å²) < 4.78 is 47.0. The number of halogens is 2. The second-order valence-corrected chi connectivity index (χ2v) is 4.96. The van der Waals surface area contributed by atoms with Crippen LogP contribution in [0.4, 0.5) is 8.78 Å². The Hall–Kier alpha value is -0.350. The van der Waals surface area contributed by atoms with Crippen molar-refractivity contribution in [2.24, 2.45) is 11.1 Å². The van der Waals surface area contributed by atoms with Gasteiger partial charge in [0.15, 0.2) is 0 Å². The minimum Gasteiger partial charge on any atom is -0.390 e. The standard InChI is InChI=1S/C6H12F2N2O4S/c7-6(8)3-1-10(15(9,13)14)2-4(11)5(3)12/h3-6,11-12H,1-2H2,(H2,9,13,14)/t3-,4+,5+/m0/s1. The van der Waals surface area contributed by atoms with Gasteiger partial charge in [-0.05, 0) is 0 Å². The quantitative estimate of drug-likeness (QED) is 0.530. The van der Waals surface area contributed by atoms with E-state index in [0.29, 0.717) is 4.31 Å². The number of rotatable bonds is 2. The molecule has 1 fully saturated rings. The Bertz CT molecular complexity index is 323. The third-order valence-corrected chi connectivity index (χ3v) is 3.34. The summed E-state index contributed by atoms with van der Waals surface area (Å²) >= 11 is 0. The van der Waals surface area contributed by atoms with Gasteiger partial charge in [0.25, 0.3) is 10.2 Å². The number of aliphatic hydroxyl groups is 2. The molecule has 3 atom stereocenters. The third-order valence-electron chi connectivity index (χ3n) is 2.32. The molecule has 0 radical (unpaired) electrons. The fraction of sp³-hybridized carbons (Fsp3) is 1.00. The van der Waals surface area contributed by atoms with Crippen LogP contribution < -0.4 is 5.14 Å². The maximum atomic E-state index is 12.4. The van der Waals surface area contributed by atoms with Crippen molar-refractivity contribution in [3.8, 4) is 0 Å². The topological polar surface area (TPSA) is 104 Å². The average molecular weight is 246 g/mol. The fourth-order valence-electron chi connectivity index (χ4n) is 1.46. The van der Waals surface area contributed by atoms with Crippen LogP contribution in [0.5, 0.6) is 0 Å². The van der Waals surface area contributed by atoms with Gasteiger partial charge in [0.1, 0.15) is 0 Å². The van der Waals surface area contributed by atoms with Crippen molar-refractivity contribution in [1.29, 1.82) is 0 Å². The largest absolute Gasteiger partial charge is 0.390 e. The van der Waals surface area contributed by atoms with Gasteiger partial charge in [-0.3, -0.25) is 0 Å². The molecule has 0 unspecified atom stereocenters. The van der Waals surface area contributed by atoms with Crippen LogP contribution >= 0.6 is 0 Å². The Balaban J connectivity index is 2.85. The Labute approximate surface area is 85.5 Å². The maximum Gasteiger partial charge on any atom is 0.277 e. The number of hydrogen-bond donors (Lipinski definition) is 3. The lowest BCUT2D eigenvalue weighted by Crippen LogP contribution is -2.57. The van der Waals surface area contributed by atoms with Crippen molar-refractivity contribution in [3.05, 3.63) is 0 Å². The van der Waals surface area contributed by atoms with Crippen LogP contribution in [0.2, 0.25) is 0 Å². The minimum absolute atomic E-state index is 0.469. The molecule has 1 rings (SSSR count). The Kier molecular flexibility index (Phi) is 3.61. The number of hydrogen-bond acceptors (Lipinski definition) is 4. The van der Waals surface area contributed by atoms with Crippen LogP contribution in [0.1, 0.15) is 0 Å². The van der Waals surface area contributed by atoms with E-state index in [9.17, 15) is 27.4 Å². The molecular weight excluding hydrogens is 234 g/mol. The molecule has 1 heterocycles. The first kappa shape index (κ1) is 12.7. The molecule has 0 aromatic rings. The first-order valence-corrected chi connectivity index (χ1v) is 5.66. The van der Waals surface area contributed by atoms with Crippen molar-refractivity contribution < 1.29 is 27.4 Å². The highest BCUT2D eigenvalue weighted by molar-refractivity contribution is 7.86. The second kappa shape index (κ2) is 4.26. The fourth-order valence-corrected chi connectivity index (χ4v) is 2.20. The van der Waals surface area contributed by atoms with E-state index in [0.717, 1.165) is 0 Å². The highest BCUT2D eigenvalue weighted by Crippen LogP contribution is 2.24. The Morgan fingerprint density at radius 1 is 1.33 bits per heavy atom. The predicted octanol–water partition coefficient (Wildman–Crippen LogP) is -1.89. The average Bonchev–Trinajstić information content (AvgIpc) is 2.06. The molecule has 0 aromatic heterocycles. The van der Waals surface area contributed by atoms with Gasteiger partial charge >= 0.3 is 0 Å². The predicted molar refractivity (Wildman–Crippen MR) is 46.2 cm³/mol. The maximum absolute atomic E-state index is 12.4. The smallest absolute Gasteiger partial charge is 0.277 e. The number of piperidine rings is 1. The lowest BCUT2D eigenvalue weighted by Gasteiger charge is -2.37. The molecule has 0 spiro atoms. The third kappa shape index (κ3) is 2.82. The minimum atomic E-state index is -4.12. The monoisotopic (exact) mass is 246 g/mol. The second-order valence-electron chi connectivity index (χ2n) is 3.42. The SMILES string of the molecule is NS(=O)(=O)N1C[C@@H](O)[C@H](O)[C@@H](C(F)F)C1. The summed E-state index contributed by atoms with van der Waals surface area (Å²) in [7, 11) is -4.12. The number of nitrogens with zero attached hydrogens (tertiary/aromatic N) is 1. The lowest BCUT2D eigenvalue weighted by atomic mass is 9.94. The summed E-state index contributed by atoms with van der Waals surface area (Å²) in [5.41, 5.74) is 0. The Morgan fingerprint density at radius 2 is 1.87 bits per heavy atom. The van der Waals surface area contributed by atoms with Crippen molar-refractivity contribution in [2.75, 3.05) is 13.1 Å². The van der Waals surface area contributed by atoms with Crippen LogP contribution in [0.3, 0.4) is 0 Å². The zero-order valence-electron chi connectivity index (χ0n) is 7.62.